The highest BCUT2D eigenvalue weighted by atomic mass is 35.5. The minimum absolute atomic E-state index is 0.156. The number of hydrogen-bond donors (Lipinski definition) is 1. The largest absolute Gasteiger partial charge is 0.497 e. The standard InChI is InChI=1S/C22H27ClN2O5S/c1-16(15-30-20-9-7-19(29-2)8-10-20)24-22(26)17-4-3-13-25(14-17)31(27,28)21-11-5-18(23)6-12-21/h5-12,16-17H,3-4,13-15H2,1-2H3,(H,24,26)/t16-,17+/m1/s1. The van der Waals surface area contributed by atoms with Gasteiger partial charge in [-0.2, -0.15) is 4.31 Å². The molecule has 1 heterocycles. The molecule has 2 atom stereocenters. The van der Waals surface area contributed by atoms with Gasteiger partial charge < -0.3 is 14.8 Å². The predicted octanol–water partition coefficient (Wildman–Crippen LogP) is 3.33. The number of benzene rings is 2. The van der Waals surface area contributed by atoms with E-state index in [9.17, 15) is 13.2 Å². The van der Waals surface area contributed by atoms with Crippen molar-refractivity contribution in [1.29, 1.82) is 0 Å². The number of nitrogens with one attached hydrogen (secondary N) is 1. The van der Waals surface area contributed by atoms with Gasteiger partial charge in [-0.3, -0.25) is 4.79 Å². The average Bonchev–Trinajstić information content (AvgIpc) is 2.78. The molecule has 0 aromatic heterocycles. The summed E-state index contributed by atoms with van der Waals surface area (Å²) in [5, 5.41) is 3.41. The Bertz CT molecular complexity index is 980. The molecule has 7 nitrogen and oxygen atoms in total. The van der Waals surface area contributed by atoms with Crippen LogP contribution in [0.4, 0.5) is 0 Å². The maximum Gasteiger partial charge on any atom is 0.243 e. The first-order valence-corrected chi connectivity index (χ1v) is 11.9. The van der Waals surface area contributed by atoms with Crippen molar-refractivity contribution in [2.45, 2.75) is 30.7 Å². The van der Waals surface area contributed by atoms with E-state index in [0.717, 1.165) is 5.75 Å². The molecule has 1 aliphatic rings. The predicted molar refractivity (Wildman–Crippen MR) is 119 cm³/mol. The van der Waals surface area contributed by atoms with Gasteiger partial charge in [-0.05, 0) is 68.3 Å². The number of nitrogens with zero attached hydrogens (tertiary/aromatic N) is 1. The fourth-order valence-electron chi connectivity index (χ4n) is 3.43. The molecule has 0 radical (unpaired) electrons. The van der Waals surface area contributed by atoms with Gasteiger partial charge in [0.1, 0.15) is 18.1 Å². The van der Waals surface area contributed by atoms with Gasteiger partial charge in [0.05, 0.1) is 24.0 Å². The zero-order valence-corrected chi connectivity index (χ0v) is 19.2. The third-order valence-electron chi connectivity index (χ3n) is 5.15. The molecular weight excluding hydrogens is 440 g/mol. The molecule has 0 bridgehead atoms. The summed E-state index contributed by atoms with van der Waals surface area (Å²) in [5.41, 5.74) is 0. The van der Waals surface area contributed by atoms with E-state index in [1.54, 1.807) is 43.5 Å². The second-order valence-corrected chi connectivity index (χ2v) is 9.93. The molecule has 1 aliphatic heterocycles. The fraction of sp³-hybridized carbons (Fsp3) is 0.409. The number of amides is 1. The Morgan fingerprint density at radius 3 is 2.45 bits per heavy atom. The monoisotopic (exact) mass is 466 g/mol. The number of methoxy groups -OCH3 is 1. The Labute approximate surface area is 188 Å². The first-order valence-electron chi connectivity index (χ1n) is 10.1. The van der Waals surface area contributed by atoms with Crippen LogP contribution < -0.4 is 14.8 Å². The van der Waals surface area contributed by atoms with Gasteiger partial charge in [0.15, 0.2) is 0 Å². The average molecular weight is 467 g/mol. The van der Waals surface area contributed by atoms with E-state index in [-0.39, 0.29) is 23.4 Å². The zero-order chi connectivity index (χ0) is 22.4. The number of hydrogen-bond acceptors (Lipinski definition) is 5. The van der Waals surface area contributed by atoms with Crippen LogP contribution in [0.25, 0.3) is 0 Å². The first-order chi connectivity index (χ1) is 14.8. The molecule has 168 valence electrons. The van der Waals surface area contributed by atoms with Crippen LogP contribution in [0, 0.1) is 5.92 Å². The van der Waals surface area contributed by atoms with Crippen molar-refractivity contribution in [3.63, 3.8) is 0 Å². The smallest absolute Gasteiger partial charge is 0.243 e. The Morgan fingerprint density at radius 1 is 1.16 bits per heavy atom. The molecule has 9 heteroatoms. The van der Waals surface area contributed by atoms with E-state index >= 15 is 0 Å². The summed E-state index contributed by atoms with van der Waals surface area (Å²) < 4.78 is 38.0. The highest BCUT2D eigenvalue weighted by molar-refractivity contribution is 7.89. The SMILES string of the molecule is COc1ccc(OC[C@@H](C)NC(=O)[C@H]2CCCN(S(=O)(=O)c3ccc(Cl)cc3)C2)cc1. The number of piperidine rings is 1. The molecule has 0 spiro atoms. The number of carbonyl (C=O) groups excluding carboxylic acids is 1. The summed E-state index contributed by atoms with van der Waals surface area (Å²) >= 11 is 5.86. The second kappa shape index (κ2) is 10.3. The van der Waals surface area contributed by atoms with Crippen molar-refractivity contribution in [1.82, 2.24) is 9.62 Å². The van der Waals surface area contributed by atoms with E-state index in [1.807, 2.05) is 6.92 Å². The highest BCUT2D eigenvalue weighted by Gasteiger charge is 2.33. The molecule has 1 amide bonds. The van der Waals surface area contributed by atoms with Crippen molar-refractivity contribution in [2.75, 3.05) is 26.8 Å². The molecule has 0 saturated carbocycles. The van der Waals surface area contributed by atoms with E-state index < -0.39 is 15.9 Å². The normalized spacial score (nSPS) is 18.2. The van der Waals surface area contributed by atoms with Crippen molar-refractivity contribution in [3.05, 3.63) is 53.6 Å². The highest BCUT2D eigenvalue weighted by Crippen LogP contribution is 2.25. The summed E-state index contributed by atoms with van der Waals surface area (Å²) in [6, 6.07) is 13.0. The van der Waals surface area contributed by atoms with Crippen molar-refractivity contribution in [2.24, 2.45) is 5.92 Å². The Kier molecular flexibility index (Phi) is 7.80. The molecule has 3 rings (SSSR count). The van der Waals surface area contributed by atoms with Crippen LogP contribution in [-0.2, 0) is 14.8 Å². The molecule has 31 heavy (non-hydrogen) atoms. The molecule has 2 aromatic carbocycles. The summed E-state index contributed by atoms with van der Waals surface area (Å²) in [5.74, 6) is 0.852. The molecular formula is C22H27ClN2O5S. The third kappa shape index (κ3) is 6.12. The Morgan fingerprint density at radius 2 is 1.81 bits per heavy atom. The Balaban J connectivity index is 1.54. The van der Waals surface area contributed by atoms with Gasteiger partial charge in [-0.25, -0.2) is 8.42 Å². The van der Waals surface area contributed by atoms with Crippen LogP contribution in [0.15, 0.2) is 53.4 Å². The second-order valence-electron chi connectivity index (χ2n) is 7.55. The minimum Gasteiger partial charge on any atom is -0.497 e. The van der Waals surface area contributed by atoms with Crippen molar-refractivity contribution < 1.29 is 22.7 Å². The lowest BCUT2D eigenvalue weighted by Gasteiger charge is -2.31. The molecule has 0 aliphatic carbocycles. The number of rotatable bonds is 8. The van der Waals surface area contributed by atoms with Crippen molar-refractivity contribution in [3.8, 4) is 11.5 Å². The van der Waals surface area contributed by atoms with Crippen LogP contribution in [0.2, 0.25) is 5.02 Å². The minimum atomic E-state index is -3.67. The van der Waals surface area contributed by atoms with Gasteiger partial charge in [-0.1, -0.05) is 11.6 Å². The number of carbonyl (C=O) groups is 1. The zero-order valence-electron chi connectivity index (χ0n) is 17.6. The maximum absolute atomic E-state index is 12.9. The summed E-state index contributed by atoms with van der Waals surface area (Å²) in [6.45, 7) is 2.71. The van der Waals surface area contributed by atoms with E-state index in [0.29, 0.717) is 36.8 Å². The van der Waals surface area contributed by atoms with Crippen LogP contribution in [0.5, 0.6) is 11.5 Å². The van der Waals surface area contributed by atoms with Crippen LogP contribution in [-0.4, -0.2) is 51.5 Å². The van der Waals surface area contributed by atoms with E-state index in [2.05, 4.69) is 5.32 Å². The fourth-order valence-corrected chi connectivity index (χ4v) is 5.08. The lowest BCUT2D eigenvalue weighted by Crippen LogP contribution is -2.48. The van der Waals surface area contributed by atoms with Crippen LogP contribution in [0.1, 0.15) is 19.8 Å². The third-order valence-corrected chi connectivity index (χ3v) is 7.29. The van der Waals surface area contributed by atoms with Gasteiger partial charge in [0.2, 0.25) is 15.9 Å². The lowest BCUT2D eigenvalue weighted by atomic mass is 9.98. The first kappa shape index (κ1) is 23.4. The Hall–Kier alpha value is -2.29. The maximum atomic E-state index is 12.9. The lowest BCUT2D eigenvalue weighted by molar-refractivity contribution is -0.126. The molecule has 2 aromatic rings. The molecule has 0 unspecified atom stereocenters. The van der Waals surface area contributed by atoms with Gasteiger partial charge in [0, 0.05) is 18.1 Å². The summed E-state index contributed by atoms with van der Waals surface area (Å²) in [4.78, 5) is 12.9. The molecule has 1 N–H and O–H groups in total. The quantitative estimate of drug-likeness (QED) is 0.645. The van der Waals surface area contributed by atoms with E-state index in [1.165, 1.54) is 16.4 Å². The number of halogens is 1. The number of ether oxygens (including phenoxy) is 2. The summed E-state index contributed by atoms with van der Waals surface area (Å²) in [6.07, 6.45) is 1.27. The van der Waals surface area contributed by atoms with Gasteiger partial charge in [-0.15, -0.1) is 0 Å². The summed E-state index contributed by atoms with van der Waals surface area (Å²) in [7, 11) is -2.07. The topological polar surface area (TPSA) is 84.9 Å². The van der Waals surface area contributed by atoms with Crippen molar-refractivity contribution >= 4 is 27.5 Å². The number of sulfonamides is 1. The van der Waals surface area contributed by atoms with Crippen LogP contribution in [0.3, 0.4) is 0 Å². The molecule has 1 saturated heterocycles. The molecule has 1 fully saturated rings. The van der Waals surface area contributed by atoms with Gasteiger partial charge >= 0.3 is 0 Å². The van der Waals surface area contributed by atoms with Crippen LogP contribution >= 0.6 is 11.6 Å². The van der Waals surface area contributed by atoms with Gasteiger partial charge in [0.25, 0.3) is 0 Å². The van der Waals surface area contributed by atoms with E-state index in [4.69, 9.17) is 21.1 Å².